The molecule has 3 heterocycles. The Morgan fingerprint density at radius 2 is 2.10 bits per heavy atom. The lowest BCUT2D eigenvalue weighted by atomic mass is 10.2. The molecule has 1 amide bonds. The number of methoxy groups -OCH3 is 1. The van der Waals surface area contributed by atoms with Gasteiger partial charge in [0.1, 0.15) is 17.0 Å². The van der Waals surface area contributed by atoms with Gasteiger partial charge in [-0.05, 0) is 12.1 Å². The first-order valence-electron chi connectivity index (χ1n) is 8.77. The molecule has 2 N–H and O–H groups in total. The first-order valence-corrected chi connectivity index (χ1v) is 8.77. The SMILES string of the molecule is COCCNc1cc(NC(=O)c2cn(C)c3ccc(C=O)nc23)ncc1C(F)(F)F. The van der Waals surface area contributed by atoms with Gasteiger partial charge in [-0.15, -0.1) is 0 Å². The summed E-state index contributed by atoms with van der Waals surface area (Å²) in [6.07, 6.45) is -1.89. The van der Waals surface area contributed by atoms with Crippen LogP contribution < -0.4 is 10.6 Å². The molecule has 3 aromatic rings. The van der Waals surface area contributed by atoms with Crippen molar-refractivity contribution in [1.29, 1.82) is 0 Å². The summed E-state index contributed by atoms with van der Waals surface area (Å²) < 4.78 is 46.2. The third-order valence-electron chi connectivity index (χ3n) is 4.29. The molecular formula is C19H18F3N5O3. The molecule has 0 unspecified atom stereocenters. The van der Waals surface area contributed by atoms with E-state index in [1.54, 1.807) is 17.7 Å². The summed E-state index contributed by atoms with van der Waals surface area (Å²) >= 11 is 0. The van der Waals surface area contributed by atoms with Crippen molar-refractivity contribution in [2.45, 2.75) is 6.18 Å². The zero-order valence-corrected chi connectivity index (χ0v) is 16.1. The number of carbonyl (C=O) groups is 2. The molecule has 0 aliphatic carbocycles. The second-order valence-electron chi connectivity index (χ2n) is 6.36. The van der Waals surface area contributed by atoms with Crippen LogP contribution in [0.25, 0.3) is 11.0 Å². The lowest BCUT2D eigenvalue weighted by molar-refractivity contribution is -0.137. The summed E-state index contributed by atoms with van der Waals surface area (Å²) in [4.78, 5) is 31.6. The monoisotopic (exact) mass is 421 g/mol. The van der Waals surface area contributed by atoms with Crippen LogP contribution in [-0.2, 0) is 18.0 Å². The smallest absolute Gasteiger partial charge is 0.383 e. The fraction of sp³-hybridized carbons (Fsp3) is 0.263. The molecule has 0 aliphatic rings. The molecule has 0 aromatic carbocycles. The molecule has 0 bridgehead atoms. The van der Waals surface area contributed by atoms with Gasteiger partial charge in [-0.2, -0.15) is 13.2 Å². The van der Waals surface area contributed by atoms with Crippen LogP contribution in [0.5, 0.6) is 0 Å². The van der Waals surface area contributed by atoms with E-state index in [9.17, 15) is 22.8 Å². The Labute approximate surface area is 169 Å². The van der Waals surface area contributed by atoms with Crippen molar-refractivity contribution < 1.29 is 27.5 Å². The molecule has 3 aromatic heterocycles. The van der Waals surface area contributed by atoms with Gasteiger partial charge in [0.2, 0.25) is 0 Å². The maximum absolute atomic E-state index is 13.2. The molecule has 0 saturated heterocycles. The molecule has 30 heavy (non-hydrogen) atoms. The van der Waals surface area contributed by atoms with Gasteiger partial charge in [-0.1, -0.05) is 0 Å². The number of carbonyl (C=O) groups excluding carboxylic acids is 2. The maximum atomic E-state index is 13.2. The average Bonchev–Trinajstić information content (AvgIpc) is 3.03. The van der Waals surface area contributed by atoms with Crippen LogP contribution in [0.4, 0.5) is 24.7 Å². The Bertz CT molecular complexity index is 1090. The molecule has 0 aliphatic heterocycles. The molecule has 0 radical (unpaired) electrons. The normalized spacial score (nSPS) is 11.5. The van der Waals surface area contributed by atoms with Crippen LogP contribution in [0.3, 0.4) is 0 Å². The zero-order valence-electron chi connectivity index (χ0n) is 16.1. The fourth-order valence-corrected chi connectivity index (χ4v) is 2.87. The second-order valence-corrected chi connectivity index (χ2v) is 6.36. The van der Waals surface area contributed by atoms with Gasteiger partial charge >= 0.3 is 6.18 Å². The predicted molar refractivity (Wildman–Crippen MR) is 104 cm³/mol. The highest BCUT2D eigenvalue weighted by molar-refractivity contribution is 6.12. The van der Waals surface area contributed by atoms with Crippen LogP contribution in [0.15, 0.2) is 30.6 Å². The van der Waals surface area contributed by atoms with Gasteiger partial charge in [0.15, 0.2) is 6.29 Å². The third-order valence-corrected chi connectivity index (χ3v) is 4.29. The number of hydrogen-bond donors (Lipinski definition) is 2. The zero-order chi connectivity index (χ0) is 21.9. The van der Waals surface area contributed by atoms with Crippen LogP contribution in [-0.4, -0.2) is 47.0 Å². The van der Waals surface area contributed by atoms with Crippen molar-refractivity contribution in [2.24, 2.45) is 7.05 Å². The number of hydrogen-bond acceptors (Lipinski definition) is 6. The number of ether oxygens (including phenoxy) is 1. The number of amides is 1. The van der Waals surface area contributed by atoms with Gasteiger partial charge in [-0.3, -0.25) is 9.59 Å². The van der Waals surface area contributed by atoms with Crippen molar-refractivity contribution in [2.75, 3.05) is 30.9 Å². The number of alkyl halides is 3. The summed E-state index contributed by atoms with van der Waals surface area (Å²) in [6, 6.07) is 4.27. The van der Waals surface area contributed by atoms with E-state index in [0.29, 0.717) is 23.5 Å². The van der Waals surface area contributed by atoms with Crippen LogP contribution in [0, 0.1) is 0 Å². The highest BCUT2D eigenvalue weighted by Crippen LogP contribution is 2.35. The highest BCUT2D eigenvalue weighted by Gasteiger charge is 2.34. The largest absolute Gasteiger partial charge is 0.419 e. The van der Waals surface area contributed by atoms with Crippen molar-refractivity contribution in [1.82, 2.24) is 14.5 Å². The van der Waals surface area contributed by atoms with E-state index in [1.165, 1.54) is 19.4 Å². The maximum Gasteiger partial charge on any atom is 0.419 e. The fourth-order valence-electron chi connectivity index (χ4n) is 2.87. The summed E-state index contributed by atoms with van der Waals surface area (Å²) in [5, 5.41) is 5.11. The van der Waals surface area contributed by atoms with E-state index in [-0.39, 0.29) is 35.9 Å². The summed E-state index contributed by atoms with van der Waals surface area (Å²) in [5.74, 6) is -0.692. The Hall–Kier alpha value is -3.47. The number of nitrogens with one attached hydrogen (secondary N) is 2. The van der Waals surface area contributed by atoms with E-state index >= 15 is 0 Å². The number of anilines is 2. The number of aldehydes is 1. The molecule has 0 fully saturated rings. The number of aryl methyl sites for hydroxylation is 1. The standard InChI is InChI=1S/C19H18F3N5O3/c1-27-9-12(17-15(27)4-3-11(10-28)25-17)18(29)26-16-7-14(23-5-6-30-2)13(8-24-16)19(20,21)22/h3-4,7-10H,5-6H2,1-2H3,(H2,23,24,26,29). The second kappa shape index (κ2) is 8.49. The first-order chi connectivity index (χ1) is 14.2. The van der Waals surface area contributed by atoms with Crippen LogP contribution in [0.2, 0.25) is 0 Å². The molecule has 3 rings (SSSR count). The van der Waals surface area contributed by atoms with Crippen molar-refractivity contribution in [3.8, 4) is 0 Å². The number of fused-ring (bicyclic) bond motifs is 1. The quantitative estimate of drug-likeness (QED) is 0.449. The summed E-state index contributed by atoms with van der Waals surface area (Å²) in [7, 11) is 3.13. The van der Waals surface area contributed by atoms with Gasteiger partial charge in [-0.25, -0.2) is 9.97 Å². The minimum Gasteiger partial charge on any atom is -0.383 e. The summed E-state index contributed by atoms with van der Waals surface area (Å²) in [6.45, 7) is 0.334. The number of halogens is 3. The number of rotatable bonds is 7. The van der Waals surface area contributed by atoms with Gasteiger partial charge in [0, 0.05) is 39.2 Å². The predicted octanol–water partition coefficient (Wildman–Crippen LogP) is 3.11. The van der Waals surface area contributed by atoms with Crippen LogP contribution in [0.1, 0.15) is 26.4 Å². The van der Waals surface area contributed by atoms with Crippen molar-refractivity contribution >= 4 is 34.7 Å². The summed E-state index contributed by atoms with van der Waals surface area (Å²) in [5.41, 5.74) is 0.0352. The molecule has 8 nitrogen and oxygen atoms in total. The highest BCUT2D eigenvalue weighted by atomic mass is 19.4. The van der Waals surface area contributed by atoms with E-state index in [4.69, 9.17) is 4.74 Å². The Morgan fingerprint density at radius 3 is 2.77 bits per heavy atom. The van der Waals surface area contributed by atoms with E-state index in [0.717, 1.165) is 6.07 Å². The average molecular weight is 421 g/mol. The lowest BCUT2D eigenvalue weighted by Gasteiger charge is -2.15. The van der Waals surface area contributed by atoms with Gasteiger partial charge < -0.3 is 19.9 Å². The third kappa shape index (κ3) is 4.40. The molecule has 0 saturated carbocycles. The van der Waals surface area contributed by atoms with Gasteiger partial charge in [0.05, 0.1) is 28.9 Å². The number of aromatic nitrogens is 3. The van der Waals surface area contributed by atoms with Crippen molar-refractivity contribution in [3.63, 3.8) is 0 Å². The molecule has 0 spiro atoms. The first kappa shape index (κ1) is 21.2. The number of nitrogens with zero attached hydrogens (tertiary/aromatic N) is 3. The Balaban J connectivity index is 1.92. The molecule has 0 atom stereocenters. The molecule has 158 valence electrons. The van der Waals surface area contributed by atoms with Gasteiger partial charge in [0.25, 0.3) is 5.91 Å². The van der Waals surface area contributed by atoms with Crippen molar-refractivity contribution in [3.05, 3.63) is 47.4 Å². The van der Waals surface area contributed by atoms with E-state index in [2.05, 4.69) is 20.6 Å². The number of pyridine rings is 2. The topological polar surface area (TPSA) is 98.1 Å². The van der Waals surface area contributed by atoms with E-state index < -0.39 is 17.6 Å². The Morgan fingerprint density at radius 1 is 1.33 bits per heavy atom. The van der Waals surface area contributed by atoms with Crippen LogP contribution >= 0.6 is 0 Å². The minimum atomic E-state index is -4.62. The molecule has 11 heteroatoms. The minimum absolute atomic E-state index is 0.0727. The Kier molecular flexibility index (Phi) is 6.01. The van der Waals surface area contributed by atoms with E-state index in [1.807, 2.05) is 0 Å². The molecular weight excluding hydrogens is 403 g/mol. The lowest BCUT2D eigenvalue weighted by Crippen LogP contribution is -2.17.